The number of nitrogens with one attached hydrogen (secondary N) is 1. The van der Waals surface area contributed by atoms with Crippen molar-refractivity contribution in [1.82, 2.24) is 9.62 Å². The number of benzene rings is 1. The summed E-state index contributed by atoms with van der Waals surface area (Å²) in [5, 5.41) is 3.19. The Labute approximate surface area is 116 Å². The molecule has 1 aromatic carbocycles. The predicted molar refractivity (Wildman–Crippen MR) is 75.4 cm³/mol. The zero-order valence-electron chi connectivity index (χ0n) is 9.56. The summed E-state index contributed by atoms with van der Waals surface area (Å²) in [6, 6.07) is 7.05. The van der Waals surface area contributed by atoms with E-state index >= 15 is 0 Å². The standard InChI is InChI=1S/C11H15IN2O2S/c1-9-8-13-5-6-14(9)17(15,16)11-4-2-3-10(12)7-11/h2-4,7,9,13H,5-6,8H2,1H3. The summed E-state index contributed by atoms with van der Waals surface area (Å²) in [6.45, 7) is 3.89. The molecule has 0 saturated carbocycles. The Balaban J connectivity index is 2.35. The number of hydrogen-bond acceptors (Lipinski definition) is 3. The lowest BCUT2D eigenvalue weighted by Gasteiger charge is -2.32. The van der Waals surface area contributed by atoms with Crippen LogP contribution in [0.3, 0.4) is 0 Å². The Kier molecular flexibility index (Phi) is 4.06. The van der Waals surface area contributed by atoms with Gasteiger partial charge in [-0.15, -0.1) is 0 Å². The molecule has 1 atom stereocenters. The number of nitrogens with zero attached hydrogens (tertiary/aromatic N) is 1. The van der Waals surface area contributed by atoms with Gasteiger partial charge >= 0.3 is 0 Å². The lowest BCUT2D eigenvalue weighted by molar-refractivity contribution is 0.284. The van der Waals surface area contributed by atoms with Crippen molar-refractivity contribution in [1.29, 1.82) is 0 Å². The second-order valence-electron chi connectivity index (χ2n) is 4.13. The van der Waals surface area contributed by atoms with Crippen molar-refractivity contribution >= 4 is 32.6 Å². The molecule has 1 unspecified atom stereocenters. The van der Waals surface area contributed by atoms with Crippen molar-refractivity contribution in [2.75, 3.05) is 19.6 Å². The van der Waals surface area contributed by atoms with Gasteiger partial charge in [0, 0.05) is 29.2 Å². The van der Waals surface area contributed by atoms with E-state index in [9.17, 15) is 8.42 Å². The smallest absolute Gasteiger partial charge is 0.243 e. The minimum absolute atomic E-state index is 0.00613. The fraction of sp³-hybridized carbons (Fsp3) is 0.455. The maximum Gasteiger partial charge on any atom is 0.243 e. The second-order valence-corrected chi connectivity index (χ2v) is 7.26. The molecule has 4 nitrogen and oxygen atoms in total. The molecule has 0 amide bonds. The van der Waals surface area contributed by atoms with Gasteiger partial charge in [-0.25, -0.2) is 8.42 Å². The number of halogens is 1. The van der Waals surface area contributed by atoms with E-state index in [1.807, 2.05) is 13.0 Å². The molecule has 1 saturated heterocycles. The van der Waals surface area contributed by atoms with Gasteiger partial charge in [0.1, 0.15) is 0 Å². The number of piperazine rings is 1. The summed E-state index contributed by atoms with van der Waals surface area (Å²) in [6.07, 6.45) is 0. The number of rotatable bonds is 2. The van der Waals surface area contributed by atoms with E-state index in [0.29, 0.717) is 24.5 Å². The highest BCUT2D eigenvalue weighted by Crippen LogP contribution is 2.20. The number of sulfonamides is 1. The lowest BCUT2D eigenvalue weighted by Crippen LogP contribution is -2.52. The summed E-state index contributed by atoms with van der Waals surface area (Å²) in [5.41, 5.74) is 0. The van der Waals surface area contributed by atoms with Crippen molar-refractivity contribution < 1.29 is 8.42 Å². The molecule has 0 aromatic heterocycles. The maximum atomic E-state index is 12.4. The average molecular weight is 366 g/mol. The van der Waals surface area contributed by atoms with Crippen LogP contribution in [-0.2, 0) is 10.0 Å². The molecule has 1 aliphatic rings. The third-order valence-electron chi connectivity index (χ3n) is 2.84. The first-order valence-corrected chi connectivity index (χ1v) is 8.02. The van der Waals surface area contributed by atoms with E-state index in [0.717, 1.165) is 3.57 Å². The van der Waals surface area contributed by atoms with E-state index in [1.54, 1.807) is 22.5 Å². The van der Waals surface area contributed by atoms with E-state index in [-0.39, 0.29) is 6.04 Å². The van der Waals surface area contributed by atoms with Gasteiger partial charge in [0.25, 0.3) is 0 Å². The van der Waals surface area contributed by atoms with Gasteiger partial charge in [-0.05, 0) is 47.7 Å². The lowest BCUT2D eigenvalue weighted by atomic mass is 10.3. The van der Waals surface area contributed by atoms with Crippen molar-refractivity contribution in [3.8, 4) is 0 Å². The molecule has 2 rings (SSSR count). The van der Waals surface area contributed by atoms with E-state index in [2.05, 4.69) is 27.9 Å². The third kappa shape index (κ3) is 2.81. The summed E-state index contributed by atoms with van der Waals surface area (Å²) < 4.78 is 27.4. The van der Waals surface area contributed by atoms with Gasteiger partial charge in [0.15, 0.2) is 0 Å². The van der Waals surface area contributed by atoms with Gasteiger partial charge in [0.05, 0.1) is 4.90 Å². The zero-order valence-corrected chi connectivity index (χ0v) is 12.5. The molecule has 0 aliphatic carbocycles. The second kappa shape index (κ2) is 5.21. The summed E-state index contributed by atoms with van der Waals surface area (Å²) in [5.74, 6) is 0. The average Bonchev–Trinajstić information content (AvgIpc) is 2.29. The highest BCUT2D eigenvalue weighted by Gasteiger charge is 2.30. The largest absolute Gasteiger partial charge is 0.314 e. The van der Waals surface area contributed by atoms with Gasteiger partial charge in [-0.3, -0.25) is 0 Å². The van der Waals surface area contributed by atoms with Crippen molar-refractivity contribution in [2.24, 2.45) is 0 Å². The van der Waals surface area contributed by atoms with Crippen LogP contribution in [0.5, 0.6) is 0 Å². The van der Waals surface area contributed by atoms with Crippen molar-refractivity contribution in [3.63, 3.8) is 0 Å². The Bertz CT molecular complexity index is 504. The number of hydrogen-bond donors (Lipinski definition) is 1. The first-order chi connectivity index (χ1) is 8.01. The molecule has 1 N–H and O–H groups in total. The van der Waals surface area contributed by atoms with E-state index in [1.165, 1.54) is 0 Å². The highest BCUT2D eigenvalue weighted by atomic mass is 127. The van der Waals surface area contributed by atoms with Crippen LogP contribution in [0.15, 0.2) is 29.2 Å². The molecule has 0 spiro atoms. The Morgan fingerprint density at radius 2 is 2.24 bits per heavy atom. The van der Waals surface area contributed by atoms with Crippen molar-refractivity contribution in [2.45, 2.75) is 17.9 Å². The molecule has 6 heteroatoms. The third-order valence-corrected chi connectivity index (χ3v) is 5.52. The van der Waals surface area contributed by atoms with Gasteiger partial charge < -0.3 is 5.32 Å². The minimum atomic E-state index is -3.35. The maximum absolute atomic E-state index is 12.4. The van der Waals surface area contributed by atoms with Crippen LogP contribution in [0, 0.1) is 3.57 Å². The first-order valence-electron chi connectivity index (χ1n) is 5.50. The van der Waals surface area contributed by atoms with Crippen LogP contribution in [0.2, 0.25) is 0 Å². The van der Waals surface area contributed by atoms with Crippen LogP contribution in [-0.4, -0.2) is 38.4 Å². The predicted octanol–water partition coefficient (Wildman–Crippen LogP) is 1.27. The SMILES string of the molecule is CC1CNCCN1S(=O)(=O)c1cccc(I)c1. The minimum Gasteiger partial charge on any atom is -0.314 e. The molecule has 1 aliphatic heterocycles. The first kappa shape index (κ1) is 13.3. The summed E-state index contributed by atoms with van der Waals surface area (Å²) in [7, 11) is -3.35. The van der Waals surface area contributed by atoms with Crippen LogP contribution in [0.25, 0.3) is 0 Å². The van der Waals surface area contributed by atoms with Gasteiger partial charge in [-0.2, -0.15) is 4.31 Å². The summed E-state index contributed by atoms with van der Waals surface area (Å²) in [4.78, 5) is 0.387. The normalized spacial score (nSPS) is 22.6. The van der Waals surface area contributed by atoms with E-state index in [4.69, 9.17) is 0 Å². The molecule has 1 heterocycles. The Hall–Kier alpha value is -0.180. The zero-order chi connectivity index (χ0) is 12.5. The van der Waals surface area contributed by atoms with Crippen molar-refractivity contribution in [3.05, 3.63) is 27.8 Å². The van der Waals surface area contributed by atoms with Gasteiger partial charge in [-0.1, -0.05) is 6.07 Å². The van der Waals surface area contributed by atoms with Gasteiger partial charge in [0.2, 0.25) is 10.0 Å². The monoisotopic (exact) mass is 366 g/mol. The fourth-order valence-electron chi connectivity index (χ4n) is 1.94. The molecule has 1 fully saturated rings. The topological polar surface area (TPSA) is 49.4 Å². The molecule has 0 bridgehead atoms. The highest BCUT2D eigenvalue weighted by molar-refractivity contribution is 14.1. The Morgan fingerprint density at radius 1 is 1.47 bits per heavy atom. The molecule has 0 radical (unpaired) electrons. The summed E-state index contributed by atoms with van der Waals surface area (Å²) >= 11 is 2.13. The van der Waals surface area contributed by atoms with Crippen LogP contribution < -0.4 is 5.32 Å². The van der Waals surface area contributed by atoms with Crippen LogP contribution in [0.1, 0.15) is 6.92 Å². The molecular weight excluding hydrogens is 351 g/mol. The molecule has 17 heavy (non-hydrogen) atoms. The quantitative estimate of drug-likeness (QED) is 0.803. The van der Waals surface area contributed by atoms with Crippen LogP contribution in [0.4, 0.5) is 0 Å². The molecular formula is C11H15IN2O2S. The molecule has 94 valence electrons. The van der Waals surface area contributed by atoms with E-state index < -0.39 is 10.0 Å². The Morgan fingerprint density at radius 3 is 2.88 bits per heavy atom. The molecule has 1 aromatic rings. The van der Waals surface area contributed by atoms with Crippen LogP contribution >= 0.6 is 22.6 Å². The fourth-order valence-corrected chi connectivity index (χ4v) is 4.37.